The summed E-state index contributed by atoms with van der Waals surface area (Å²) >= 11 is 1.45. The predicted octanol–water partition coefficient (Wildman–Crippen LogP) is 4.21. The Morgan fingerprint density at radius 2 is 1.95 bits per heavy atom. The van der Waals surface area contributed by atoms with E-state index in [2.05, 4.69) is 27.5 Å². The molecule has 0 spiro atoms. The molecule has 4 nitrogen and oxygen atoms in total. The zero-order valence-electron chi connectivity index (χ0n) is 12.4. The van der Waals surface area contributed by atoms with Crippen molar-refractivity contribution in [3.05, 3.63) is 35.6 Å². The molecule has 112 valence electrons. The zero-order chi connectivity index (χ0) is 15.2. The minimum Gasteiger partial charge on any atom is -0.370 e. The quantitative estimate of drug-likeness (QED) is 0.618. The average molecular weight is 306 g/mol. The van der Waals surface area contributed by atoms with E-state index in [1.165, 1.54) is 17.8 Å². The molecule has 2 rings (SSSR count). The standard InChI is InChI=1S/C15H19FN4S/c1-4-7-17-13-9-14(20-15(19-13)21-3)18-12-6-5-10(2)8-11(12)16/h5-6,8-9H,4,7H2,1-3H3,(H2,17,18,19,20). The van der Waals surface area contributed by atoms with Crippen molar-refractivity contribution in [2.75, 3.05) is 23.4 Å². The highest BCUT2D eigenvalue weighted by Crippen LogP contribution is 2.23. The van der Waals surface area contributed by atoms with Crippen molar-refractivity contribution in [3.63, 3.8) is 0 Å². The lowest BCUT2D eigenvalue weighted by Crippen LogP contribution is -2.05. The number of thioether (sulfide) groups is 1. The molecule has 0 amide bonds. The molecule has 0 fully saturated rings. The summed E-state index contributed by atoms with van der Waals surface area (Å²) in [6.07, 6.45) is 2.92. The molecule has 2 N–H and O–H groups in total. The second-order valence-electron chi connectivity index (χ2n) is 4.66. The molecule has 0 atom stereocenters. The molecular formula is C15H19FN4S. The highest BCUT2D eigenvalue weighted by atomic mass is 32.2. The summed E-state index contributed by atoms with van der Waals surface area (Å²) in [5.41, 5.74) is 1.30. The summed E-state index contributed by atoms with van der Waals surface area (Å²) in [6.45, 7) is 4.78. The topological polar surface area (TPSA) is 49.8 Å². The second-order valence-corrected chi connectivity index (χ2v) is 5.43. The number of nitrogens with zero attached hydrogens (tertiary/aromatic N) is 2. The molecule has 0 radical (unpaired) electrons. The molecule has 1 aromatic heterocycles. The Morgan fingerprint density at radius 1 is 1.19 bits per heavy atom. The number of anilines is 3. The summed E-state index contributed by atoms with van der Waals surface area (Å²) in [5.74, 6) is 1.03. The van der Waals surface area contributed by atoms with Gasteiger partial charge < -0.3 is 10.6 Å². The van der Waals surface area contributed by atoms with Crippen molar-refractivity contribution in [2.45, 2.75) is 25.4 Å². The van der Waals surface area contributed by atoms with Gasteiger partial charge in [0.05, 0.1) is 5.69 Å². The van der Waals surface area contributed by atoms with Crippen molar-refractivity contribution in [3.8, 4) is 0 Å². The summed E-state index contributed by atoms with van der Waals surface area (Å²) in [4.78, 5) is 8.73. The van der Waals surface area contributed by atoms with E-state index in [1.54, 1.807) is 12.1 Å². The van der Waals surface area contributed by atoms with Crippen LogP contribution in [0.3, 0.4) is 0 Å². The van der Waals surface area contributed by atoms with Crippen LogP contribution in [0.5, 0.6) is 0 Å². The molecule has 6 heteroatoms. The van der Waals surface area contributed by atoms with Crippen LogP contribution < -0.4 is 10.6 Å². The Hall–Kier alpha value is -1.82. The van der Waals surface area contributed by atoms with Crippen LogP contribution in [0, 0.1) is 12.7 Å². The van der Waals surface area contributed by atoms with Gasteiger partial charge in [0.25, 0.3) is 0 Å². The number of aryl methyl sites for hydroxylation is 1. The van der Waals surface area contributed by atoms with Gasteiger partial charge in [-0.2, -0.15) is 0 Å². The third kappa shape index (κ3) is 4.32. The van der Waals surface area contributed by atoms with E-state index in [-0.39, 0.29) is 5.82 Å². The Morgan fingerprint density at radius 3 is 2.62 bits per heavy atom. The van der Waals surface area contributed by atoms with E-state index in [9.17, 15) is 4.39 Å². The van der Waals surface area contributed by atoms with Gasteiger partial charge in [0.1, 0.15) is 17.5 Å². The Kier molecular flexibility index (Phi) is 5.38. The SMILES string of the molecule is CCCNc1cc(Nc2ccc(C)cc2F)nc(SC)n1. The monoisotopic (exact) mass is 306 g/mol. The van der Waals surface area contributed by atoms with Crippen molar-refractivity contribution in [1.82, 2.24) is 9.97 Å². The number of benzene rings is 1. The first kappa shape index (κ1) is 15.6. The van der Waals surface area contributed by atoms with Crippen molar-refractivity contribution < 1.29 is 4.39 Å². The minimum atomic E-state index is -0.289. The second kappa shape index (κ2) is 7.26. The lowest BCUT2D eigenvalue weighted by molar-refractivity contribution is 0.630. The van der Waals surface area contributed by atoms with Crippen LogP contribution in [0.2, 0.25) is 0 Å². The largest absolute Gasteiger partial charge is 0.370 e. The molecule has 0 unspecified atom stereocenters. The van der Waals surface area contributed by atoms with Crippen LogP contribution in [0.25, 0.3) is 0 Å². The third-order valence-corrected chi connectivity index (χ3v) is 3.38. The smallest absolute Gasteiger partial charge is 0.191 e. The highest BCUT2D eigenvalue weighted by molar-refractivity contribution is 7.98. The van der Waals surface area contributed by atoms with Crippen molar-refractivity contribution in [1.29, 1.82) is 0 Å². The number of rotatable bonds is 6. The molecule has 0 bridgehead atoms. The van der Waals surface area contributed by atoms with E-state index >= 15 is 0 Å². The van der Waals surface area contributed by atoms with E-state index in [1.807, 2.05) is 19.2 Å². The van der Waals surface area contributed by atoms with Gasteiger partial charge in [0.2, 0.25) is 0 Å². The van der Waals surface area contributed by atoms with Crippen molar-refractivity contribution in [2.24, 2.45) is 0 Å². The van der Waals surface area contributed by atoms with Crippen LogP contribution in [0.1, 0.15) is 18.9 Å². The maximum atomic E-state index is 13.9. The number of nitrogens with one attached hydrogen (secondary N) is 2. The normalized spacial score (nSPS) is 10.5. The van der Waals surface area contributed by atoms with Gasteiger partial charge in [-0.1, -0.05) is 24.8 Å². The average Bonchev–Trinajstić information content (AvgIpc) is 2.48. The molecule has 1 heterocycles. The third-order valence-electron chi connectivity index (χ3n) is 2.83. The van der Waals surface area contributed by atoms with Crippen LogP contribution >= 0.6 is 11.8 Å². The minimum absolute atomic E-state index is 0.289. The Bertz CT molecular complexity index is 619. The first-order chi connectivity index (χ1) is 10.1. The van der Waals surface area contributed by atoms with E-state index in [0.717, 1.165) is 24.3 Å². The fourth-order valence-corrected chi connectivity index (χ4v) is 2.16. The number of hydrogen-bond donors (Lipinski definition) is 2. The molecule has 21 heavy (non-hydrogen) atoms. The van der Waals surface area contributed by atoms with Gasteiger partial charge in [0, 0.05) is 12.6 Å². The fourth-order valence-electron chi connectivity index (χ4n) is 1.78. The van der Waals surface area contributed by atoms with Gasteiger partial charge >= 0.3 is 0 Å². The molecule has 2 aromatic rings. The van der Waals surface area contributed by atoms with E-state index < -0.39 is 0 Å². The van der Waals surface area contributed by atoms with Crippen LogP contribution in [-0.4, -0.2) is 22.8 Å². The molecule has 0 aliphatic carbocycles. The molecule has 0 aliphatic rings. The van der Waals surface area contributed by atoms with E-state index in [0.29, 0.717) is 16.7 Å². The van der Waals surface area contributed by atoms with Gasteiger partial charge in [-0.05, 0) is 37.3 Å². The van der Waals surface area contributed by atoms with Gasteiger partial charge in [-0.15, -0.1) is 0 Å². The summed E-state index contributed by atoms with van der Waals surface area (Å²) < 4.78 is 13.9. The lowest BCUT2D eigenvalue weighted by Gasteiger charge is -2.11. The maximum absolute atomic E-state index is 13.9. The van der Waals surface area contributed by atoms with Crippen LogP contribution in [-0.2, 0) is 0 Å². The first-order valence-corrected chi connectivity index (χ1v) is 8.05. The number of hydrogen-bond acceptors (Lipinski definition) is 5. The zero-order valence-corrected chi connectivity index (χ0v) is 13.2. The Labute approximate surface area is 128 Å². The summed E-state index contributed by atoms with van der Waals surface area (Å²) in [6, 6.07) is 6.85. The number of aromatic nitrogens is 2. The van der Waals surface area contributed by atoms with Crippen LogP contribution in [0.15, 0.2) is 29.4 Å². The molecule has 0 aliphatic heterocycles. The molecular weight excluding hydrogens is 287 g/mol. The highest BCUT2D eigenvalue weighted by Gasteiger charge is 2.07. The maximum Gasteiger partial charge on any atom is 0.191 e. The molecule has 1 aromatic carbocycles. The lowest BCUT2D eigenvalue weighted by atomic mass is 10.2. The predicted molar refractivity (Wildman–Crippen MR) is 87.0 cm³/mol. The fraction of sp³-hybridized carbons (Fsp3) is 0.333. The first-order valence-electron chi connectivity index (χ1n) is 6.82. The van der Waals surface area contributed by atoms with E-state index in [4.69, 9.17) is 0 Å². The Balaban J connectivity index is 2.25. The summed E-state index contributed by atoms with van der Waals surface area (Å²) in [7, 11) is 0. The van der Waals surface area contributed by atoms with Gasteiger partial charge in [0.15, 0.2) is 5.16 Å². The summed E-state index contributed by atoms with van der Waals surface area (Å²) in [5, 5.41) is 6.88. The van der Waals surface area contributed by atoms with Gasteiger partial charge in [-0.25, -0.2) is 14.4 Å². The molecule has 0 saturated heterocycles. The number of halogens is 1. The van der Waals surface area contributed by atoms with Crippen molar-refractivity contribution >= 4 is 29.1 Å². The van der Waals surface area contributed by atoms with Crippen LogP contribution in [0.4, 0.5) is 21.7 Å². The van der Waals surface area contributed by atoms with Gasteiger partial charge in [-0.3, -0.25) is 0 Å². The molecule has 0 saturated carbocycles.